The highest BCUT2D eigenvalue weighted by Crippen LogP contribution is 2.32. The molecule has 0 radical (unpaired) electrons. The van der Waals surface area contributed by atoms with Gasteiger partial charge in [-0.1, -0.05) is 13.8 Å². The summed E-state index contributed by atoms with van der Waals surface area (Å²) in [6.45, 7) is 5.90. The van der Waals surface area contributed by atoms with Crippen LogP contribution in [0.15, 0.2) is 12.1 Å². The fourth-order valence-corrected chi connectivity index (χ4v) is 2.39. The Kier molecular flexibility index (Phi) is 4.49. The molecule has 0 bridgehead atoms. The first-order chi connectivity index (χ1) is 9.60. The van der Waals surface area contributed by atoms with E-state index in [1.54, 1.807) is 14.2 Å². The Balaban J connectivity index is 2.61. The van der Waals surface area contributed by atoms with E-state index in [2.05, 4.69) is 23.4 Å². The summed E-state index contributed by atoms with van der Waals surface area (Å²) in [6.07, 6.45) is 0.770. The number of imidazole rings is 1. The SMILES string of the molecule is COc1cc2nc(CCN)n(CC(C)C)c2cc1OC. The zero-order valence-electron chi connectivity index (χ0n) is 12.6. The highest BCUT2D eigenvalue weighted by atomic mass is 16.5. The maximum absolute atomic E-state index is 5.69. The third-order valence-corrected chi connectivity index (χ3v) is 3.25. The maximum Gasteiger partial charge on any atom is 0.163 e. The summed E-state index contributed by atoms with van der Waals surface area (Å²) in [7, 11) is 3.28. The van der Waals surface area contributed by atoms with E-state index in [1.807, 2.05) is 12.1 Å². The van der Waals surface area contributed by atoms with Gasteiger partial charge in [0.25, 0.3) is 0 Å². The number of ether oxygens (including phenoxy) is 2. The van der Waals surface area contributed by atoms with Gasteiger partial charge in [-0.25, -0.2) is 4.98 Å². The number of aromatic nitrogens is 2. The minimum Gasteiger partial charge on any atom is -0.493 e. The normalized spacial score (nSPS) is 11.3. The molecule has 2 rings (SSSR count). The quantitative estimate of drug-likeness (QED) is 0.879. The first-order valence-electron chi connectivity index (χ1n) is 6.91. The Bertz CT molecular complexity index is 590. The molecule has 20 heavy (non-hydrogen) atoms. The molecule has 0 fully saturated rings. The van der Waals surface area contributed by atoms with Crippen LogP contribution in [0.3, 0.4) is 0 Å². The summed E-state index contributed by atoms with van der Waals surface area (Å²) in [6, 6.07) is 3.91. The molecule has 0 unspecified atom stereocenters. The number of benzene rings is 1. The second-order valence-corrected chi connectivity index (χ2v) is 5.27. The van der Waals surface area contributed by atoms with Crippen molar-refractivity contribution in [3.8, 4) is 11.5 Å². The molecule has 110 valence electrons. The smallest absolute Gasteiger partial charge is 0.163 e. The van der Waals surface area contributed by atoms with Crippen LogP contribution in [0, 0.1) is 5.92 Å². The van der Waals surface area contributed by atoms with Crippen LogP contribution < -0.4 is 15.2 Å². The molecule has 1 heterocycles. The summed E-state index contributed by atoms with van der Waals surface area (Å²) < 4.78 is 12.9. The van der Waals surface area contributed by atoms with Crippen LogP contribution in [0.2, 0.25) is 0 Å². The minimum atomic E-state index is 0.539. The molecule has 0 amide bonds. The molecule has 0 atom stereocenters. The number of nitrogens with zero attached hydrogens (tertiary/aromatic N) is 2. The second kappa shape index (κ2) is 6.13. The van der Waals surface area contributed by atoms with Crippen molar-refractivity contribution in [3.63, 3.8) is 0 Å². The topological polar surface area (TPSA) is 62.3 Å². The van der Waals surface area contributed by atoms with Gasteiger partial charge in [0.1, 0.15) is 5.82 Å². The Labute approximate surface area is 119 Å². The molecule has 0 aliphatic heterocycles. The molecule has 2 aromatic rings. The van der Waals surface area contributed by atoms with Crippen molar-refractivity contribution in [3.05, 3.63) is 18.0 Å². The summed E-state index contributed by atoms with van der Waals surface area (Å²) in [5, 5.41) is 0. The van der Waals surface area contributed by atoms with Crippen molar-refractivity contribution in [1.82, 2.24) is 9.55 Å². The van der Waals surface area contributed by atoms with E-state index in [1.165, 1.54) is 0 Å². The van der Waals surface area contributed by atoms with Crippen molar-refractivity contribution in [1.29, 1.82) is 0 Å². The molecule has 2 N–H and O–H groups in total. The number of nitrogens with two attached hydrogens (primary N) is 1. The van der Waals surface area contributed by atoms with E-state index >= 15 is 0 Å². The van der Waals surface area contributed by atoms with E-state index in [0.717, 1.165) is 35.6 Å². The third-order valence-electron chi connectivity index (χ3n) is 3.25. The molecule has 0 aliphatic rings. The molecular weight excluding hydrogens is 254 g/mol. The Hall–Kier alpha value is -1.75. The van der Waals surface area contributed by atoms with Crippen LogP contribution in [-0.2, 0) is 13.0 Å². The number of rotatable bonds is 6. The Morgan fingerprint density at radius 3 is 2.40 bits per heavy atom. The van der Waals surface area contributed by atoms with Crippen LogP contribution in [0.1, 0.15) is 19.7 Å². The van der Waals surface area contributed by atoms with Crippen molar-refractivity contribution in [2.24, 2.45) is 11.7 Å². The second-order valence-electron chi connectivity index (χ2n) is 5.27. The van der Waals surface area contributed by atoms with E-state index in [9.17, 15) is 0 Å². The highest BCUT2D eigenvalue weighted by Gasteiger charge is 2.15. The van der Waals surface area contributed by atoms with Crippen molar-refractivity contribution < 1.29 is 9.47 Å². The van der Waals surface area contributed by atoms with Gasteiger partial charge in [-0.2, -0.15) is 0 Å². The Morgan fingerprint density at radius 1 is 1.20 bits per heavy atom. The van der Waals surface area contributed by atoms with Gasteiger partial charge in [-0.3, -0.25) is 0 Å². The fraction of sp³-hybridized carbons (Fsp3) is 0.533. The van der Waals surface area contributed by atoms with Gasteiger partial charge >= 0.3 is 0 Å². The standard InChI is InChI=1S/C15H23N3O2/c1-10(2)9-18-12-8-14(20-4)13(19-3)7-11(12)17-15(18)5-6-16/h7-8,10H,5-6,9,16H2,1-4H3. The van der Waals surface area contributed by atoms with Gasteiger partial charge in [0, 0.05) is 25.1 Å². The minimum absolute atomic E-state index is 0.539. The average molecular weight is 277 g/mol. The molecule has 1 aromatic carbocycles. The van der Waals surface area contributed by atoms with Gasteiger partial charge in [-0.05, 0) is 12.5 Å². The lowest BCUT2D eigenvalue weighted by Gasteiger charge is -2.12. The van der Waals surface area contributed by atoms with E-state index in [4.69, 9.17) is 15.2 Å². The van der Waals surface area contributed by atoms with Gasteiger partial charge in [0.15, 0.2) is 11.5 Å². The molecule has 0 saturated carbocycles. The van der Waals surface area contributed by atoms with Crippen LogP contribution >= 0.6 is 0 Å². The molecule has 0 spiro atoms. The monoisotopic (exact) mass is 277 g/mol. The molecule has 5 nitrogen and oxygen atoms in total. The largest absolute Gasteiger partial charge is 0.493 e. The highest BCUT2D eigenvalue weighted by molar-refractivity contribution is 5.80. The lowest BCUT2D eigenvalue weighted by atomic mass is 10.2. The molecular formula is C15H23N3O2. The van der Waals surface area contributed by atoms with Crippen LogP contribution in [-0.4, -0.2) is 30.3 Å². The molecule has 1 aromatic heterocycles. The third kappa shape index (κ3) is 2.72. The number of hydrogen-bond acceptors (Lipinski definition) is 4. The Morgan fingerprint density at radius 2 is 1.85 bits per heavy atom. The van der Waals surface area contributed by atoms with Gasteiger partial charge < -0.3 is 19.8 Å². The zero-order valence-corrected chi connectivity index (χ0v) is 12.6. The van der Waals surface area contributed by atoms with Crippen molar-refractivity contribution >= 4 is 11.0 Å². The first-order valence-corrected chi connectivity index (χ1v) is 6.91. The summed E-state index contributed by atoms with van der Waals surface area (Å²) >= 11 is 0. The van der Waals surface area contributed by atoms with Crippen LogP contribution in [0.25, 0.3) is 11.0 Å². The maximum atomic E-state index is 5.69. The molecule has 5 heteroatoms. The van der Waals surface area contributed by atoms with Gasteiger partial charge in [0.05, 0.1) is 25.3 Å². The molecule has 0 aliphatic carbocycles. The van der Waals surface area contributed by atoms with E-state index < -0.39 is 0 Å². The number of hydrogen-bond donors (Lipinski definition) is 1. The van der Waals surface area contributed by atoms with E-state index in [0.29, 0.717) is 18.2 Å². The zero-order chi connectivity index (χ0) is 14.7. The average Bonchev–Trinajstić information content (AvgIpc) is 2.74. The fourth-order valence-electron chi connectivity index (χ4n) is 2.39. The molecule has 0 saturated heterocycles. The van der Waals surface area contributed by atoms with Crippen LogP contribution in [0.5, 0.6) is 11.5 Å². The van der Waals surface area contributed by atoms with Crippen molar-refractivity contribution in [2.45, 2.75) is 26.8 Å². The predicted molar refractivity (Wildman–Crippen MR) is 80.4 cm³/mol. The summed E-state index contributed by atoms with van der Waals surface area (Å²) in [5.74, 6) is 2.99. The lowest BCUT2D eigenvalue weighted by Crippen LogP contribution is -2.12. The number of methoxy groups -OCH3 is 2. The first kappa shape index (κ1) is 14.7. The number of fused-ring (bicyclic) bond motifs is 1. The summed E-state index contributed by atoms with van der Waals surface area (Å²) in [4.78, 5) is 4.69. The summed E-state index contributed by atoms with van der Waals surface area (Å²) in [5.41, 5.74) is 7.68. The van der Waals surface area contributed by atoms with E-state index in [-0.39, 0.29) is 0 Å². The lowest BCUT2D eigenvalue weighted by molar-refractivity contribution is 0.355. The predicted octanol–water partition coefficient (Wildman–Crippen LogP) is 2.21. The van der Waals surface area contributed by atoms with Gasteiger partial charge in [0.2, 0.25) is 0 Å². The van der Waals surface area contributed by atoms with Gasteiger partial charge in [-0.15, -0.1) is 0 Å². The van der Waals surface area contributed by atoms with Crippen molar-refractivity contribution in [2.75, 3.05) is 20.8 Å². The van der Waals surface area contributed by atoms with Crippen LogP contribution in [0.4, 0.5) is 0 Å².